The maximum atomic E-state index is 3.80. The van der Waals surface area contributed by atoms with Crippen molar-refractivity contribution in [1.82, 2.24) is 4.90 Å². The highest BCUT2D eigenvalue weighted by Gasteiger charge is 2.35. The van der Waals surface area contributed by atoms with E-state index < -0.39 is 0 Å². The van der Waals surface area contributed by atoms with Gasteiger partial charge in [-0.1, -0.05) is 49.5 Å². The topological polar surface area (TPSA) is 3.24 Å². The van der Waals surface area contributed by atoms with Crippen LogP contribution in [0.25, 0.3) is 0 Å². The molecular weight excluding hydrogens is 298 g/mol. The van der Waals surface area contributed by atoms with Crippen molar-refractivity contribution in [1.29, 1.82) is 0 Å². The molecule has 1 aliphatic heterocycles. The second-order valence-corrected chi connectivity index (χ2v) is 8.67. The number of hydrogen-bond acceptors (Lipinski definition) is 1. The van der Waals surface area contributed by atoms with Crippen LogP contribution in [0.4, 0.5) is 0 Å². The van der Waals surface area contributed by atoms with Gasteiger partial charge in [0.1, 0.15) is 0 Å². The lowest BCUT2D eigenvalue weighted by Gasteiger charge is -2.34. The van der Waals surface area contributed by atoms with Gasteiger partial charge in [-0.3, -0.25) is 0 Å². The van der Waals surface area contributed by atoms with E-state index in [0.29, 0.717) is 10.8 Å². The zero-order chi connectivity index (χ0) is 13.9. The molecule has 2 heteroatoms. The summed E-state index contributed by atoms with van der Waals surface area (Å²) in [6.45, 7) is 11.3. The smallest absolute Gasteiger partial charge is 0.0100 e. The van der Waals surface area contributed by atoms with Crippen LogP contribution >= 0.6 is 15.9 Å². The lowest BCUT2D eigenvalue weighted by molar-refractivity contribution is 0.166. The van der Waals surface area contributed by atoms with Gasteiger partial charge in [0.2, 0.25) is 0 Å². The number of hydrogen-bond donors (Lipinski definition) is 0. The number of alkyl halides is 1. The summed E-state index contributed by atoms with van der Waals surface area (Å²) in [6.07, 6.45) is 10.0. The molecule has 0 spiro atoms. The van der Waals surface area contributed by atoms with Gasteiger partial charge in [-0.05, 0) is 61.9 Å². The molecule has 0 radical (unpaired) electrons. The van der Waals surface area contributed by atoms with Crippen molar-refractivity contribution < 1.29 is 0 Å². The summed E-state index contributed by atoms with van der Waals surface area (Å²) in [7, 11) is 0. The third kappa shape index (κ3) is 4.20. The Morgan fingerprint density at radius 2 is 1.74 bits per heavy atom. The second kappa shape index (κ2) is 6.47. The summed E-state index contributed by atoms with van der Waals surface area (Å²) in [5, 5.41) is 1.21. The summed E-state index contributed by atoms with van der Waals surface area (Å²) in [6, 6.07) is 0. The first kappa shape index (κ1) is 15.8. The van der Waals surface area contributed by atoms with Crippen molar-refractivity contribution >= 4 is 15.9 Å². The minimum atomic E-state index is 0.497. The third-order valence-electron chi connectivity index (χ3n) is 5.55. The van der Waals surface area contributed by atoms with Crippen LogP contribution in [0.2, 0.25) is 0 Å². The Morgan fingerprint density at radius 3 is 2.32 bits per heavy atom. The van der Waals surface area contributed by atoms with Crippen LogP contribution in [0.3, 0.4) is 0 Å². The molecule has 1 nitrogen and oxygen atoms in total. The maximum absolute atomic E-state index is 3.80. The molecule has 1 atom stereocenters. The number of rotatable bonds is 3. The Bertz CT molecular complexity index is 275. The monoisotopic (exact) mass is 329 g/mol. The molecular formula is C17H32BrN. The average molecular weight is 330 g/mol. The predicted molar refractivity (Wildman–Crippen MR) is 87.9 cm³/mol. The molecule has 112 valence electrons. The van der Waals surface area contributed by atoms with E-state index in [0.717, 1.165) is 5.92 Å². The molecule has 1 saturated carbocycles. The molecule has 0 aromatic rings. The number of nitrogens with zero attached hydrogens (tertiary/aromatic N) is 1. The molecule has 1 aliphatic carbocycles. The van der Waals surface area contributed by atoms with Crippen LogP contribution in [0, 0.1) is 16.7 Å². The summed E-state index contributed by atoms with van der Waals surface area (Å²) >= 11 is 3.80. The number of likely N-dealkylation sites (tertiary alicyclic amines) is 1. The second-order valence-electron chi connectivity index (χ2n) is 8.11. The highest BCUT2D eigenvalue weighted by Crippen LogP contribution is 2.41. The Balaban J connectivity index is 1.89. The first-order valence-electron chi connectivity index (χ1n) is 8.24. The zero-order valence-corrected chi connectivity index (χ0v) is 14.8. The predicted octanol–water partition coefficient (Wildman–Crippen LogP) is 5.09. The van der Waals surface area contributed by atoms with Crippen LogP contribution in [-0.4, -0.2) is 29.9 Å². The standard InChI is InChI=1S/C17H32BrN/c1-16(2,3)15-7-6-11-19(12-8-15)14-17(13-18)9-4-5-10-17/h15H,4-14H2,1-3H3. The molecule has 0 aromatic heterocycles. The van der Waals surface area contributed by atoms with E-state index in [1.54, 1.807) is 0 Å². The SMILES string of the molecule is CC(C)(C)C1CCCN(CC2(CBr)CCCC2)CC1. The quantitative estimate of drug-likeness (QED) is 0.652. The third-order valence-corrected chi connectivity index (χ3v) is 6.74. The fourth-order valence-electron chi connectivity index (χ4n) is 4.11. The lowest BCUT2D eigenvalue weighted by atomic mass is 9.77. The average Bonchev–Trinajstić information content (AvgIpc) is 2.67. The van der Waals surface area contributed by atoms with Gasteiger partial charge in [0.25, 0.3) is 0 Å². The van der Waals surface area contributed by atoms with E-state index in [1.165, 1.54) is 69.9 Å². The summed E-state index contributed by atoms with van der Waals surface area (Å²) in [5.74, 6) is 0.918. The van der Waals surface area contributed by atoms with Crippen molar-refractivity contribution in [3.63, 3.8) is 0 Å². The Labute approximate surface area is 128 Å². The van der Waals surface area contributed by atoms with Crippen molar-refractivity contribution in [3.8, 4) is 0 Å². The van der Waals surface area contributed by atoms with Crippen molar-refractivity contribution in [2.24, 2.45) is 16.7 Å². The van der Waals surface area contributed by atoms with Gasteiger partial charge in [0.05, 0.1) is 0 Å². The van der Waals surface area contributed by atoms with Gasteiger partial charge in [-0.25, -0.2) is 0 Å². The minimum absolute atomic E-state index is 0.497. The highest BCUT2D eigenvalue weighted by atomic mass is 79.9. The first-order valence-corrected chi connectivity index (χ1v) is 9.36. The molecule has 0 bridgehead atoms. The highest BCUT2D eigenvalue weighted by molar-refractivity contribution is 9.09. The minimum Gasteiger partial charge on any atom is -0.303 e. The largest absolute Gasteiger partial charge is 0.303 e. The molecule has 1 unspecified atom stereocenters. The van der Waals surface area contributed by atoms with Crippen molar-refractivity contribution in [3.05, 3.63) is 0 Å². The molecule has 2 aliphatic rings. The molecule has 2 fully saturated rings. The summed E-state index contributed by atoms with van der Waals surface area (Å²) < 4.78 is 0. The molecule has 0 amide bonds. The van der Waals surface area contributed by atoms with Gasteiger partial charge in [-0.2, -0.15) is 0 Å². The van der Waals surface area contributed by atoms with E-state index in [1.807, 2.05) is 0 Å². The normalized spacial score (nSPS) is 29.4. The van der Waals surface area contributed by atoms with Crippen molar-refractivity contribution in [2.45, 2.75) is 65.7 Å². The van der Waals surface area contributed by atoms with E-state index in [4.69, 9.17) is 0 Å². The van der Waals surface area contributed by atoms with Crippen LogP contribution in [0.1, 0.15) is 65.7 Å². The molecule has 0 N–H and O–H groups in total. The first-order chi connectivity index (χ1) is 8.95. The van der Waals surface area contributed by atoms with Crippen LogP contribution in [0.15, 0.2) is 0 Å². The van der Waals surface area contributed by atoms with E-state index >= 15 is 0 Å². The summed E-state index contributed by atoms with van der Waals surface area (Å²) in [5.41, 5.74) is 1.10. The van der Waals surface area contributed by atoms with Crippen molar-refractivity contribution in [2.75, 3.05) is 25.0 Å². The van der Waals surface area contributed by atoms with Gasteiger partial charge >= 0.3 is 0 Å². The van der Waals surface area contributed by atoms with Gasteiger partial charge in [0.15, 0.2) is 0 Å². The summed E-state index contributed by atoms with van der Waals surface area (Å²) in [4.78, 5) is 2.78. The zero-order valence-electron chi connectivity index (χ0n) is 13.2. The molecule has 19 heavy (non-hydrogen) atoms. The lowest BCUT2D eigenvalue weighted by Crippen LogP contribution is -2.38. The molecule has 0 aromatic carbocycles. The molecule has 2 rings (SSSR count). The fourth-order valence-corrected chi connectivity index (χ4v) is 4.85. The Morgan fingerprint density at radius 1 is 1.05 bits per heavy atom. The van der Waals surface area contributed by atoms with Crippen LogP contribution in [-0.2, 0) is 0 Å². The number of halogens is 1. The fraction of sp³-hybridized carbons (Fsp3) is 1.00. The molecule has 1 saturated heterocycles. The van der Waals surface area contributed by atoms with Gasteiger partial charge in [0, 0.05) is 11.9 Å². The van der Waals surface area contributed by atoms with Crippen LogP contribution in [0.5, 0.6) is 0 Å². The van der Waals surface area contributed by atoms with E-state index in [2.05, 4.69) is 41.6 Å². The Kier molecular flexibility index (Phi) is 5.39. The molecule has 1 heterocycles. The maximum Gasteiger partial charge on any atom is 0.0100 e. The Hall–Kier alpha value is 0.440. The van der Waals surface area contributed by atoms with Gasteiger partial charge < -0.3 is 4.90 Å². The van der Waals surface area contributed by atoms with Gasteiger partial charge in [-0.15, -0.1) is 0 Å². The van der Waals surface area contributed by atoms with Crippen LogP contribution < -0.4 is 0 Å². The van der Waals surface area contributed by atoms with E-state index in [9.17, 15) is 0 Å². The van der Waals surface area contributed by atoms with E-state index in [-0.39, 0.29) is 0 Å².